The molecule has 2 N–H and O–H groups in total. The van der Waals surface area contributed by atoms with Gasteiger partial charge in [0.15, 0.2) is 0 Å². The lowest BCUT2D eigenvalue weighted by Crippen LogP contribution is -2.40. The van der Waals surface area contributed by atoms with Crippen molar-refractivity contribution in [2.75, 3.05) is 25.0 Å². The zero-order valence-electron chi connectivity index (χ0n) is 14.0. The zero-order chi connectivity index (χ0) is 17.2. The standard InChI is InChI=1S/C20H21N3O2/c24-19(23-9-3-4-10-23)13-21-20(25)22-16-7-8-18-15(12-16)11-14-5-1-2-6-17(14)18/h1-2,5-8,12H,3-4,9-11,13H2,(H2,21,22,25). The molecule has 2 aromatic rings. The van der Waals surface area contributed by atoms with Crippen molar-refractivity contribution in [2.45, 2.75) is 19.3 Å². The SMILES string of the molecule is O=C(NCC(=O)N1CCCC1)Nc1ccc2c(c1)Cc1ccccc1-2. The van der Waals surface area contributed by atoms with E-state index >= 15 is 0 Å². The fraction of sp³-hybridized carbons (Fsp3) is 0.300. The van der Waals surface area contributed by atoms with Crippen LogP contribution in [0.5, 0.6) is 0 Å². The minimum atomic E-state index is -0.344. The van der Waals surface area contributed by atoms with Crippen LogP contribution in [-0.2, 0) is 11.2 Å². The summed E-state index contributed by atoms with van der Waals surface area (Å²) < 4.78 is 0. The van der Waals surface area contributed by atoms with Crippen LogP contribution in [0.25, 0.3) is 11.1 Å². The number of rotatable bonds is 3. The lowest BCUT2D eigenvalue weighted by atomic mass is 10.1. The van der Waals surface area contributed by atoms with Crippen LogP contribution in [0, 0.1) is 0 Å². The van der Waals surface area contributed by atoms with Crippen molar-refractivity contribution in [3.63, 3.8) is 0 Å². The van der Waals surface area contributed by atoms with Gasteiger partial charge in [-0.25, -0.2) is 4.79 Å². The Morgan fingerprint density at radius 1 is 0.960 bits per heavy atom. The average molecular weight is 335 g/mol. The maximum absolute atomic E-state index is 12.1. The van der Waals surface area contributed by atoms with E-state index < -0.39 is 0 Å². The van der Waals surface area contributed by atoms with Gasteiger partial charge in [0.25, 0.3) is 0 Å². The number of urea groups is 1. The monoisotopic (exact) mass is 335 g/mol. The number of carbonyl (C=O) groups is 2. The number of nitrogens with zero attached hydrogens (tertiary/aromatic N) is 1. The molecule has 5 heteroatoms. The number of nitrogens with one attached hydrogen (secondary N) is 2. The summed E-state index contributed by atoms with van der Waals surface area (Å²) in [4.78, 5) is 25.8. The molecule has 0 saturated carbocycles. The number of benzene rings is 2. The van der Waals surface area contributed by atoms with E-state index in [0.717, 1.165) is 38.0 Å². The van der Waals surface area contributed by atoms with E-state index in [-0.39, 0.29) is 18.5 Å². The molecule has 1 fully saturated rings. The molecule has 0 aromatic heterocycles. The molecule has 128 valence electrons. The van der Waals surface area contributed by atoms with Gasteiger partial charge in [-0.3, -0.25) is 4.79 Å². The van der Waals surface area contributed by atoms with Crippen molar-refractivity contribution in [1.29, 1.82) is 0 Å². The van der Waals surface area contributed by atoms with Gasteiger partial charge in [-0.2, -0.15) is 0 Å². The van der Waals surface area contributed by atoms with E-state index in [0.29, 0.717) is 0 Å². The lowest BCUT2D eigenvalue weighted by Gasteiger charge is -2.15. The molecule has 3 amide bonds. The normalized spacial score (nSPS) is 14.8. The number of likely N-dealkylation sites (tertiary alicyclic amines) is 1. The molecular weight excluding hydrogens is 314 g/mol. The second kappa shape index (κ2) is 6.59. The molecule has 1 heterocycles. The number of fused-ring (bicyclic) bond motifs is 3. The predicted molar refractivity (Wildman–Crippen MR) is 97.5 cm³/mol. The molecule has 2 aliphatic rings. The molecule has 1 aliphatic carbocycles. The van der Waals surface area contributed by atoms with Crippen LogP contribution in [0.1, 0.15) is 24.0 Å². The van der Waals surface area contributed by atoms with E-state index in [2.05, 4.69) is 28.8 Å². The largest absolute Gasteiger partial charge is 0.341 e. The second-order valence-electron chi connectivity index (χ2n) is 6.60. The van der Waals surface area contributed by atoms with Crippen molar-refractivity contribution < 1.29 is 9.59 Å². The topological polar surface area (TPSA) is 61.4 Å². The van der Waals surface area contributed by atoms with Crippen molar-refractivity contribution >= 4 is 17.6 Å². The van der Waals surface area contributed by atoms with Crippen LogP contribution in [0.3, 0.4) is 0 Å². The summed E-state index contributed by atoms with van der Waals surface area (Å²) in [6.45, 7) is 1.64. The predicted octanol–water partition coefficient (Wildman–Crippen LogP) is 3.00. The highest BCUT2D eigenvalue weighted by atomic mass is 16.2. The third-order valence-electron chi connectivity index (χ3n) is 4.91. The van der Waals surface area contributed by atoms with Crippen molar-refractivity contribution in [3.8, 4) is 11.1 Å². The molecule has 0 bridgehead atoms. The van der Waals surface area contributed by atoms with Crippen LogP contribution in [0.15, 0.2) is 42.5 Å². The molecular formula is C20H21N3O2. The van der Waals surface area contributed by atoms with Crippen LogP contribution in [-0.4, -0.2) is 36.5 Å². The summed E-state index contributed by atoms with van der Waals surface area (Å²) in [7, 11) is 0. The number of amides is 3. The van der Waals surface area contributed by atoms with E-state index in [1.807, 2.05) is 24.3 Å². The van der Waals surface area contributed by atoms with Gasteiger partial charge in [-0.1, -0.05) is 30.3 Å². The molecule has 1 aliphatic heterocycles. The molecule has 5 nitrogen and oxygen atoms in total. The zero-order valence-corrected chi connectivity index (χ0v) is 14.0. The molecule has 1 saturated heterocycles. The molecule has 25 heavy (non-hydrogen) atoms. The fourth-order valence-corrected chi connectivity index (χ4v) is 3.63. The quantitative estimate of drug-likeness (QED) is 0.773. The number of hydrogen-bond acceptors (Lipinski definition) is 2. The summed E-state index contributed by atoms with van der Waals surface area (Å²) in [6, 6.07) is 14.0. The highest BCUT2D eigenvalue weighted by Crippen LogP contribution is 2.37. The van der Waals surface area contributed by atoms with E-state index in [1.165, 1.54) is 22.3 Å². The van der Waals surface area contributed by atoms with Gasteiger partial charge in [0.1, 0.15) is 0 Å². The van der Waals surface area contributed by atoms with Crippen LogP contribution in [0.4, 0.5) is 10.5 Å². The van der Waals surface area contributed by atoms with E-state index in [4.69, 9.17) is 0 Å². The van der Waals surface area contributed by atoms with Crippen LogP contribution in [0.2, 0.25) is 0 Å². The second-order valence-corrected chi connectivity index (χ2v) is 6.60. The first-order valence-electron chi connectivity index (χ1n) is 8.74. The van der Waals surface area contributed by atoms with Crippen molar-refractivity contribution in [2.24, 2.45) is 0 Å². The van der Waals surface area contributed by atoms with Gasteiger partial charge >= 0.3 is 6.03 Å². The summed E-state index contributed by atoms with van der Waals surface area (Å²) in [5.41, 5.74) is 5.77. The van der Waals surface area contributed by atoms with Crippen molar-refractivity contribution in [3.05, 3.63) is 53.6 Å². The smallest absolute Gasteiger partial charge is 0.319 e. The minimum absolute atomic E-state index is 0.0166. The summed E-state index contributed by atoms with van der Waals surface area (Å²) >= 11 is 0. The number of anilines is 1. The Morgan fingerprint density at radius 2 is 1.72 bits per heavy atom. The van der Waals surface area contributed by atoms with Gasteiger partial charge in [-0.15, -0.1) is 0 Å². The van der Waals surface area contributed by atoms with Gasteiger partial charge in [0, 0.05) is 18.8 Å². The highest BCUT2D eigenvalue weighted by Gasteiger charge is 2.19. The highest BCUT2D eigenvalue weighted by molar-refractivity contribution is 5.93. The molecule has 0 spiro atoms. The van der Waals surface area contributed by atoms with Crippen LogP contribution >= 0.6 is 0 Å². The molecule has 0 unspecified atom stereocenters. The molecule has 0 atom stereocenters. The van der Waals surface area contributed by atoms with E-state index in [9.17, 15) is 9.59 Å². The first-order valence-corrected chi connectivity index (χ1v) is 8.74. The summed E-state index contributed by atoms with van der Waals surface area (Å²) in [5, 5.41) is 5.47. The first-order chi connectivity index (χ1) is 12.2. The Labute approximate surface area is 147 Å². The Hall–Kier alpha value is -2.82. The first kappa shape index (κ1) is 15.7. The Bertz CT molecular complexity index is 825. The third-order valence-corrected chi connectivity index (χ3v) is 4.91. The third kappa shape index (κ3) is 3.22. The molecule has 0 radical (unpaired) electrons. The molecule has 2 aromatic carbocycles. The average Bonchev–Trinajstić information content (AvgIpc) is 3.27. The molecule has 4 rings (SSSR count). The van der Waals surface area contributed by atoms with Crippen LogP contribution < -0.4 is 10.6 Å². The Kier molecular flexibility index (Phi) is 4.14. The van der Waals surface area contributed by atoms with Gasteiger partial charge in [0.05, 0.1) is 6.54 Å². The summed E-state index contributed by atoms with van der Waals surface area (Å²) in [6.07, 6.45) is 2.99. The van der Waals surface area contributed by atoms with E-state index in [1.54, 1.807) is 4.90 Å². The van der Waals surface area contributed by atoms with Crippen molar-refractivity contribution in [1.82, 2.24) is 10.2 Å². The van der Waals surface area contributed by atoms with Gasteiger partial charge in [-0.05, 0) is 53.6 Å². The van der Waals surface area contributed by atoms with Gasteiger partial charge in [0.2, 0.25) is 5.91 Å². The Morgan fingerprint density at radius 3 is 2.56 bits per heavy atom. The number of hydrogen-bond donors (Lipinski definition) is 2. The van der Waals surface area contributed by atoms with Gasteiger partial charge < -0.3 is 15.5 Å². The minimum Gasteiger partial charge on any atom is -0.341 e. The summed E-state index contributed by atoms with van der Waals surface area (Å²) in [5.74, 6) is -0.0166. The number of carbonyl (C=O) groups excluding carboxylic acids is 2. The lowest BCUT2D eigenvalue weighted by molar-refractivity contribution is -0.128. The maximum atomic E-state index is 12.1. The fourth-order valence-electron chi connectivity index (χ4n) is 3.63. The maximum Gasteiger partial charge on any atom is 0.319 e. The Balaban J connectivity index is 1.36.